The monoisotopic (exact) mass is 159 g/mol. The molecule has 0 aromatic rings. The molecule has 1 amide bonds. The van der Waals surface area contributed by atoms with Crippen LogP contribution in [0.3, 0.4) is 0 Å². The van der Waals surface area contributed by atoms with Gasteiger partial charge < -0.3 is 15.1 Å². The van der Waals surface area contributed by atoms with Gasteiger partial charge in [0.1, 0.15) is 0 Å². The van der Waals surface area contributed by atoms with Crippen LogP contribution in [0.4, 0.5) is 4.79 Å². The SMILES string of the molecule is C[C@H]1[C@H](O)CCCN1C(=O)O. The summed E-state index contributed by atoms with van der Waals surface area (Å²) in [5.41, 5.74) is 0. The molecule has 2 atom stereocenters. The average Bonchev–Trinajstić information content (AvgIpc) is 1.94. The zero-order valence-corrected chi connectivity index (χ0v) is 6.53. The van der Waals surface area contributed by atoms with E-state index in [0.717, 1.165) is 6.42 Å². The predicted molar refractivity (Wildman–Crippen MR) is 39.4 cm³/mol. The van der Waals surface area contributed by atoms with E-state index in [2.05, 4.69) is 0 Å². The van der Waals surface area contributed by atoms with Crippen LogP contribution in [0.5, 0.6) is 0 Å². The standard InChI is InChI=1S/C7H13NO3/c1-5-6(9)3-2-4-8(5)7(10)11/h5-6,9H,2-4H2,1H3,(H,10,11)/t5-,6+/m0/s1. The van der Waals surface area contributed by atoms with Crippen molar-refractivity contribution in [3.8, 4) is 0 Å². The van der Waals surface area contributed by atoms with Gasteiger partial charge in [0, 0.05) is 6.54 Å². The maximum atomic E-state index is 10.5. The summed E-state index contributed by atoms with van der Waals surface area (Å²) in [4.78, 5) is 11.8. The average molecular weight is 159 g/mol. The molecule has 1 fully saturated rings. The molecule has 0 bridgehead atoms. The first kappa shape index (κ1) is 8.33. The smallest absolute Gasteiger partial charge is 0.407 e. The molecule has 1 heterocycles. The van der Waals surface area contributed by atoms with E-state index >= 15 is 0 Å². The van der Waals surface area contributed by atoms with Gasteiger partial charge in [0.2, 0.25) is 0 Å². The molecule has 1 rings (SSSR count). The molecule has 0 radical (unpaired) electrons. The first-order valence-corrected chi connectivity index (χ1v) is 3.80. The number of amides is 1. The molecule has 4 heteroatoms. The quantitative estimate of drug-likeness (QED) is 0.541. The van der Waals surface area contributed by atoms with Gasteiger partial charge in [0.05, 0.1) is 12.1 Å². The van der Waals surface area contributed by atoms with Crippen LogP contribution in [-0.2, 0) is 0 Å². The zero-order chi connectivity index (χ0) is 8.43. The fourth-order valence-electron chi connectivity index (χ4n) is 1.39. The molecule has 1 saturated heterocycles. The molecule has 1 aliphatic heterocycles. The van der Waals surface area contributed by atoms with Crippen molar-refractivity contribution in [1.29, 1.82) is 0 Å². The molecule has 0 unspecified atom stereocenters. The van der Waals surface area contributed by atoms with Crippen molar-refractivity contribution in [2.45, 2.75) is 31.9 Å². The highest BCUT2D eigenvalue weighted by Crippen LogP contribution is 2.16. The first-order chi connectivity index (χ1) is 5.13. The lowest BCUT2D eigenvalue weighted by Crippen LogP contribution is -2.48. The number of hydrogen-bond donors (Lipinski definition) is 2. The van der Waals surface area contributed by atoms with Crippen molar-refractivity contribution >= 4 is 6.09 Å². The molecule has 0 spiro atoms. The summed E-state index contributed by atoms with van der Waals surface area (Å²) in [5, 5.41) is 17.9. The fraction of sp³-hybridized carbons (Fsp3) is 0.857. The molecule has 1 aliphatic rings. The summed E-state index contributed by atoms with van der Waals surface area (Å²) < 4.78 is 0. The van der Waals surface area contributed by atoms with Gasteiger partial charge in [-0.1, -0.05) is 0 Å². The fourth-order valence-corrected chi connectivity index (χ4v) is 1.39. The minimum Gasteiger partial charge on any atom is -0.465 e. The largest absolute Gasteiger partial charge is 0.465 e. The Labute approximate surface area is 65.4 Å². The molecule has 11 heavy (non-hydrogen) atoms. The molecule has 0 aromatic carbocycles. The van der Waals surface area contributed by atoms with Gasteiger partial charge in [0.25, 0.3) is 0 Å². The zero-order valence-electron chi connectivity index (χ0n) is 6.53. The number of piperidine rings is 1. The van der Waals surface area contributed by atoms with E-state index in [1.165, 1.54) is 4.90 Å². The molecule has 64 valence electrons. The Morgan fingerprint density at radius 1 is 1.64 bits per heavy atom. The lowest BCUT2D eigenvalue weighted by Gasteiger charge is -2.34. The topological polar surface area (TPSA) is 60.8 Å². The number of aliphatic hydroxyl groups is 1. The number of nitrogens with zero attached hydrogens (tertiary/aromatic N) is 1. The Kier molecular flexibility index (Phi) is 2.34. The summed E-state index contributed by atoms with van der Waals surface area (Å²) in [6.45, 7) is 2.28. The summed E-state index contributed by atoms with van der Waals surface area (Å²) in [6.07, 6.45) is 0.0547. The summed E-state index contributed by atoms with van der Waals surface area (Å²) in [5.74, 6) is 0. The number of rotatable bonds is 0. The van der Waals surface area contributed by atoms with Gasteiger partial charge >= 0.3 is 6.09 Å². The molecular weight excluding hydrogens is 146 g/mol. The minimum absolute atomic E-state index is 0.249. The molecule has 0 aliphatic carbocycles. The van der Waals surface area contributed by atoms with Crippen LogP contribution < -0.4 is 0 Å². The van der Waals surface area contributed by atoms with Crippen molar-refractivity contribution < 1.29 is 15.0 Å². The van der Waals surface area contributed by atoms with Gasteiger partial charge in [-0.3, -0.25) is 0 Å². The Morgan fingerprint density at radius 3 is 2.73 bits per heavy atom. The van der Waals surface area contributed by atoms with Crippen LogP contribution in [0.1, 0.15) is 19.8 Å². The predicted octanol–water partition coefficient (Wildman–Crippen LogP) is 0.510. The Morgan fingerprint density at radius 2 is 2.27 bits per heavy atom. The third kappa shape index (κ3) is 1.63. The third-order valence-electron chi connectivity index (χ3n) is 2.19. The Hall–Kier alpha value is -0.770. The van der Waals surface area contributed by atoms with Crippen molar-refractivity contribution in [1.82, 2.24) is 4.90 Å². The van der Waals surface area contributed by atoms with E-state index in [9.17, 15) is 9.90 Å². The van der Waals surface area contributed by atoms with Gasteiger partial charge in [-0.05, 0) is 19.8 Å². The highest BCUT2D eigenvalue weighted by Gasteiger charge is 2.29. The van der Waals surface area contributed by atoms with Crippen molar-refractivity contribution in [2.75, 3.05) is 6.54 Å². The number of carboxylic acid groups (broad SMARTS) is 1. The van der Waals surface area contributed by atoms with Crippen LogP contribution in [-0.4, -0.2) is 39.9 Å². The summed E-state index contributed by atoms with van der Waals surface area (Å²) in [6, 6.07) is -0.249. The Bertz CT molecular complexity index is 160. The second-order valence-corrected chi connectivity index (χ2v) is 2.93. The van der Waals surface area contributed by atoms with Gasteiger partial charge in [-0.2, -0.15) is 0 Å². The van der Waals surface area contributed by atoms with E-state index in [4.69, 9.17) is 5.11 Å². The normalized spacial score (nSPS) is 32.0. The van der Waals surface area contributed by atoms with E-state index < -0.39 is 12.2 Å². The first-order valence-electron chi connectivity index (χ1n) is 3.80. The lowest BCUT2D eigenvalue weighted by molar-refractivity contribution is 0.0242. The van der Waals surface area contributed by atoms with Crippen molar-refractivity contribution in [3.63, 3.8) is 0 Å². The maximum absolute atomic E-state index is 10.5. The highest BCUT2D eigenvalue weighted by molar-refractivity contribution is 5.65. The number of aliphatic hydroxyl groups excluding tert-OH is 1. The molecule has 4 nitrogen and oxygen atoms in total. The minimum atomic E-state index is -0.934. The van der Waals surface area contributed by atoms with Crippen molar-refractivity contribution in [3.05, 3.63) is 0 Å². The Balaban J connectivity index is 2.58. The van der Waals surface area contributed by atoms with E-state index in [1.54, 1.807) is 6.92 Å². The molecule has 2 N–H and O–H groups in total. The van der Waals surface area contributed by atoms with Gasteiger partial charge in [0.15, 0.2) is 0 Å². The van der Waals surface area contributed by atoms with Gasteiger partial charge in [-0.25, -0.2) is 4.79 Å². The van der Waals surface area contributed by atoms with Crippen LogP contribution in [0.2, 0.25) is 0 Å². The van der Waals surface area contributed by atoms with Crippen LogP contribution >= 0.6 is 0 Å². The van der Waals surface area contributed by atoms with Crippen molar-refractivity contribution in [2.24, 2.45) is 0 Å². The number of likely N-dealkylation sites (tertiary alicyclic amines) is 1. The van der Waals surface area contributed by atoms with Gasteiger partial charge in [-0.15, -0.1) is 0 Å². The maximum Gasteiger partial charge on any atom is 0.407 e. The second kappa shape index (κ2) is 3.09. The van der Waals surface area contributed by atoms with E-state index in [1.807, 2.05) is 0 Å². The lowest BCUT2D eigenvalue weighted by atomic mass is 10.0. The molecule has 0 aromatic heterocycles. The summed E-state index contributed by atoms with van der Waals surface area (Å²) in [7, 11) is 0. The van der Waals surface area contributed by atoms with E-state index in [-0.39, 0.29) is 6.04 Å². The van der Waals surface area contributed by atoms with Crippen LogP contribution in [0, 0.1) is 0 Å². The molecule has 0 saturated carbocycles. The summed E-state index contributed by atoms with van der Waals surface area (Å²) >= 11 is 0. The third-order valence-corrected chi connectivity index (χ3v) is 2.19. The van der Waals surface area contributed by atoms with Crippen LogP contribution in [0.25, 0.3) is 0 Å². The van der Waals surface area contributed by atoms with E-state index in [0.29, 0.717) is 13.0 Å². The number of hydrogen-bond acceptors (Lipinski definition) is 2. The highest BCUT2D eigenvalue weighted by atomic mass is 16.4. The number of carbonyl (C=O) groups is 1. The molecular formula is C7H13NO3. The second-order valence-electron chi connectivity index (χ2n) is 2.93. The van der Waals surface area contributed by atoms with Crippen LogP contribution in [0.15, 0.2) is 0 Å².